The van der Waals surface area contributed by atoms with Gasteiger partial charge in [0.05, 0.1) is 18.9 Å². The maximum Gasteiger partial charge on any atom is 0.157 e. The van der Waals surface area contributed by atoms with Gasteiger partial charge in [-0.3, -0.25) is 4.79 Å². The highest BCUT2D eigenvalue weighted by Crippen LogP contribution is 2.31. The number of benzene rings is 1. The summed E-state index contributed by atoms with van der Waals surface area (Å²) in [6.07, 6.45) is 4.11. The van der Waals surface area contributed by atoms with E-state index in [1.165, 1.54) is 0 Å². The molecule has 0 saturated heterocycles. The highest BCUT2D eigenvalue weighted by atomic mass is 16.5. The monoisotopic (exact) mass is 275 g/mol. The molecule has 0 atom stereocenters. The van der Waals surface area contributed by atoms with Crippen LogP contribution in [0.1, 0.15) is 33.1 Å². The van der Waals surface area contributed by atoms with E-state index in [1.54, 1.807) is 6.08 Å². The third kappa shape index (κ3) is 3.76. The zero-order valence-corrected chi connectivity index (χ0v) is 12.1. The first-order valence-electron chi connectivity index (χ1n) is 7.13. The molecule has 0 bridgehead atoms. The summed E-state index contributed by atoms with van der Waals surface area (Å²) in [4.78, 5) is 11.5. The molecule has 0 unspecified atom stereocenters. The second kappa shape index (κ2) is 6.98. The molecule has 0 aliphatic heterocycles. The Morgan fingerprint density at radius 1 is 1.15 bits per heavy atom. The van der Waals surface area contributed by atoms with Gasteiger partial charge in [0, 0.05) is 24.3 Å². The van der Waals surface area contributed by atoms with E-state index in [4.69, 9.17) is 9.47 Å². The number of allylic oxidation sites excluding steroid dienone is 2. The Kier molecular flexibility index (Phi) is 5.04. The van der Waals surface area contributed by atoms with Gasteiger partial charge in [-0.05, 0) is 38.8 Å². The highest BCUT2D eigenvalue weighted by Gasteiger charge is 2.12. The second-order valence-corrected chi connectivity index (χ2v) is 4.64. The molecular weight excluding hydrogens is 254 g/mol. The number of carbonyl (C=O) groups excluding carboxylic acids is 1. The molecule has 0 amide bonds. The van der Waals surface area contributed by atoms with Crippen molar-refractivity contribution in [2.75, 3.05) is 18.5 Å². The number of nitrogens with one attached hydrogen (secondary N) is 1. The SMILES string of the molecule is CCOc1ccc(OCC)c(NC2=CC(=O)CCC2)c1. The number of ether oxygens (including phenoxy) is 2. The molecule has 108 valence electrons. The number of hydrogen-bond acceptors (Lipinski definition) is 4. The van der Waals surface area contributed by atoms with Gasteiger partial charge in [-0.1, -0.05) is 0 Å². The van der Waals surface area contributed by atoms with Gasteiger partial charge in [0.1, 0.15) is 11.5 Å². The van der Waals surface area contributed by atoms with Crippen LogP contribution in [0.2, 0.25) is 0 Å². The standard InChI is InChI=1S/C16H21NO3/c1-3-19-14-8-9-16(20-4-2)15(11-14)17-12-6-5-7-13(18)10-12/h8-11,17H,3-7H2,1-2H3. The first-order chi connectivity index (χ1) is 9.72. The quantitative estimate of drug-likeness (QED) is 0.862. The predicted molar refractivity (Wildman–Crippen MR) is 79.3 cm³/mol. The Labute approximate surface area is 119 Å². The van der Waals surface area contributed by atoms with E-state index in [-0.39, 0.29) is 5.78 Å². The van der Waals surface area contributed by atoms with E-state index in [0.717, 1.165) is 35.7 Å². The highest BCUT2D eigenvalue weighted by molar-refractivity contribution is 5.91. The molecule has 1 aliphatic carbocycles. The van der Waals surface area contributed by atoms with Gasteiger partial charge >= 0.3 is 0 Å². The Hall–Kier alpha value is -1.97. The molecule has 4 heteroatoms. The number of rotatable bonds is 6. The molecule has 0 heterocycles. The van der Waals surface area contributed by atoms with Gasteiger partial charge < -0.3 is 14.8 Å². The number of anilines is 1. The summed E-state index contributed by atoms with van der Waals surface area (Å²) in [5.41, 5.74) is 1.79. The van der Waals surface area contributed by atoms with E-state index < -0.39 is 0 Å². The van der Waals surface area contributed by atoms with Crippen LogP contribution in [0.3, 0.4) is 0 Å². The van der Waals surface area contributed by atoms with Crippen LogP contribution < -0.4 is 14.8 Å². The molecule has 1 aromatic rings. The number of hydrogen-bond donors (Lipinski definition) is 1. The van der Waals surface area contributed by atoms with E-state index in [9.17, 15) is 4.79 Å². The molecule has 0 radical (unpaired) electrons. The largest absolute Gasteiger partial charge is 0.494 e. The fourth-order valence-electron chi connectivity index (χ4n) is 2.21. The average molecular weight is 275 g/mol. The molecule has 0 spiro atoms. The zero-order valence-electron chi connectivity index (χ0n) is 12.1. The van der Waals surface area contributed by atoms with E-state index in [1.807, 2.05) is 32.0 Å². The van der Waals surface area contributed by atoms with Crippen molar-refractivity contribution in [2.24, 2.45) is 0 Å². The molecule has 0 aromatic heterocycles. The maximum atomic E-state index is 11.5. The fourth-order valence-corrected chi connectivity index (χ4v) is 2.21. The minimum atomic E-state index is 0.178. The van der Waals surface area contributed by atoms with Crippen LogP contribution in [0.5, 0.6) is 11.5 Å². The lowest BCUT2D eigenvalue weighted by Gasteiger charge is -2.18. The van der Waals surface area contributed by atoms with Crippen LogP contribution in [0.25, 0.3) is 0 Å². The van der Waals surface area contributed by atoms with Crippen molar-refractivity contribution in [3.8, 4) is 11.5 Å². The Balaban J connectivity index is 2.22. The van der Waals surface area contributed by atoms with Gasteiger partial charge in [0.25, 0.3) is 0 Å². The molecule has 4 nitrogen and oxygen atoms in total. The van der Waals surface area contributed by atoms with Gasteiger partial charge in [-0.25, -0.2) is 0 Å². The Morgan fingerprint density at radius 2 is 1.95 bits per heavy atom. The van der Waals surface area contributed by atoms with Crippen molar-refractivity contribution >= 4 is 11.5 Å². The first-order valence-corrected chi connectivity index (χ1v) is 7.13. The van der Waals surface area contributed by atoms with Crippen LogP contribution >= 0.6 is 0 Å². The minimum absolute atomic E-state index is 0.178. The van der Waals surface area contributed by atoms with Crippen molar-refractivity contribution in [3.63, 3.8) is 0 Å². The van der Waals surface area contributed by atoms with Crippen molar-refractivity contribution in [2.45, 2.75) is 33.1 Å². The maximum absolute atomic E-state index is 11.5. The van der Waals surface area contributed by atoms with Crippen molar-refractivity contribution in [3.05, 3.63) is 30.0 Å². The second-order valence-electron chi connectivity index (χ2n) is 4.64. The Bertz CT molecular complexity index is 508. The first kappa shape index (κ1) is 14.4. The van der Waals surface area contributed by atoms with E-state index in [0.29, 0.717) is 19.6 Å². The fraction of sp³-hybridized carbons (Fsp3) is 0.438. The minimum Gasteiger partial charge on any atom is -0.494 e. The topological polar surface area (TPSA) is 47.6 Å². The summed E-state index contributed by atoms with van der Waals surface area (Å²) in [7, 11) is 0. The summed E-state index contributed by atoms with van der Waals surface area (Å²) >= 11 is 0. The summed E-state index contributed by atoms with van der Waals surface area (Å²) in [5, 5.41) is 3.30. The normalized spacial score (nSPS) is 14.7. The van der Waals surface area contributed by atoms with Crippen molar-refractivity contribution < 1.29 is 14.3 Å². The van der Waals surface area contributed by atoms with Crippen molar-refractivity contribution in [1.82, 2.24) is 0 Å². The molecule has 1 N–H and O–H groups in total. The third-order valence-electron chi connectivity index (χ3n) is 3.06. The molecular formula is C16H21NO3. The average Bonchev–Trinajstić information content (AvgIpc) is 2.42. The van der Waals surface area contributed by atoms with Gasteiger partial charge in [-0.15, -0.1) is 0 Å². The van der Waals surface area contributed by atoms with Crippen LogP contribution in [0.15, 0.2) is 30.0 Å². The summed E-state index contributed by atoms with van der Waals surface area (Å²) in [6, 6.07) is 5.69. The number of ketones is 1. The molecule has 1 aromatic carbocycles. The van der Waals surface area contributed by atoms with Crippen LogP contribution in [-0.4, -0.2) is 19.0 Å². The molecule has 2 rings (SSSR count). The zero-order chi connectivity index (χ0) is 14.4. The van der Waals surface area contributed by atoms with Crippen LogP contribution in [-0.2, 0) is 4.79 Å². The van der Waals surface area contributed by atoms with E-state index in [2.05, 4.69) is 5.32 Å². The summed E-state index contributed by atoms with van der Waals surface area (Å²) in [6.45, 7) is 5.12. The van der Waals surface area contributed by atoms with Gasteiger partial charge in [0.15, 0.2) is 5.78 Å². The summed E-state index contributed by atoms with van der Waals surface area (Å²) < 4.78 is 11.1. The van der Waals surface area contributed by atoms with Gasteiger partial charge in [-0.2, -0.15) is 0 Å². The lowest BCUT2D eigenvalue weighted by molar-refractivity contribution is -0.115. The number of carbonyl (C=O) groups is 1. The lowest BCUT2D eigenvalue weighted by atomic mass is 10.0. The lowest BCUT2D eigenvalue weighted by Crippen LogP contribution is -2.10. The molecule has 0 saturated carbocycles. The van der Waals surface area contributed by atoms with Gasteiger partial charge in [0.2, 0.25) is 0 Å². The molecule has 20 heavy (non-hydrogen) atoms. The van der Waals surface area contributed by atoms with Crippen LogP contribution in [0.4, 0.5) is 5.69 Å². The smallest absolute Gasteiger partial charge is 0.157 e. The molecule has 0 fully saturated rings. The molecule has 1 aliphatic rings. The third-order valence-corrected chi connectivity index (χ3v) is 3.06. The predicted octanol–water partition coefficient (Wildman–Crippen LogP) is 3.53. The summed E-state index contributed by atoms with van der Waals surface area (Å²) in [5.74, 6) is 1.74. The van der Waals surface area contributed by atoms with Crippen LogP contribution in [0, 0.1) is 0 Å². The van der Waals surface area contributed by atoms with Crippen molar-refractivity contribution in [1.29, 1.82) is 0 Å². The van der Waals surface area contributed by atoms with E-state index >= 15 is 0 Å². The Morgan fingerprint density at radius 3 is 2.65 bits per heavy atom.